The molecule has 1 saturated heterocycles. The third-order valence-corrected chi connectivity index (χ3v) is 3.38. The van der Waals surface area contributed by atoms with Crippen molar-refractivity contribution in [2.45, 2.75) is 24.6 Å². The van der Waals surface area contributed by atoms with Crippen molar-refractivity contribution in [3.8, 4) is 0 Å². The normalized spacial score (nSPS) is 28.0. The average Bonchev–Trinajstić information content (AvgIpc) is 2.93. The van der Waals surface area contributed by atoms with E-state index in [9.17, 15) is 9.90 Å². The molecule has 0 bridgehead atoms. The molecule has 1 aliphatic rings. The Labute approximate surface area is 102 Å². The van der Waals surface area contributed by atoms with Crippen LogP contribution in [0.4, 0.5) is 0 Å². The lowest BCUT2D eigenvalue weighted by atomic mass is 10.0. The Morgan fingerprint density at radius 1 is 1.44 bits per heavy atom. The fraction of sp³-hybridized carbons (Fsp3) is 0.455. The number of rotatable bonds is 2. The lowest BCUT2D eigenvalue weighted by Gasteiger charge is -2.13. The Balaban J connectivity index is 2.05. The van der Waals surface area contributed by atoms with E-state index < -0.39 is 6.10 Å². The van der Waals surface area contributed by atoms with Crippen molar-refractivity contribution >= 4 is 11.0 Å². The number of hydrogen-bond acceptors (Lipinski definition) is 5. The van der Waals surface area contributed by atoms with Gasteiger partial charge in [-0.15, -0.1) is 0 Å². The van der Waals surface area contributed by atoms with Gasteiger partial charge in [0.25, 0.3) is 5.56 Å². The van der Waals surface area contributed by atoms with Crippen LogP contribution in [0.15, 0.2) is 17.3 Å². The summed E-state index contributed by atoms with van der Waals surface area (Å²) in [7, 11) is 0. The van der Waals surface area contributed by atoms with Crippen LogP contribution >= 0.6 is 0 Å². The van der Waals surface area contributed by atoms with Gasteiger partial charge in [-0.05, 0) is 6.42 Å². The molecule has 3 heterocycles. The van der Waals surface area contributed by atoms with Gasteiger partial charge < -0.3 is 25.5 Å². The number of aromatic amines is 2. The maximum absolute atomic E-state index is 11.6. The van der Waals surface area contributed by atoms with Gasteiger partial charge in [-0.25, -0.2) is 4.98 Å². The van der Waals surface area contributed by atoms with Crippen LogP contribution in [-0.2, 0) is 0 Å². The zero-order chi connectivity index (χ0) is 12.7. The van der Waals surface area contributed by atoms with Crippen LogP contribution in [0.5, 0.6) is 0 Å². The summed E-state index contributed by atoms with van der Waals surface area (Å²) in [5.41, 5.74) is 1.46. The van der Waals surface area contributed by atoms with Gasteiger partial charge in [-0.1, -0.05) is 0 Å². The lowest BCUT2D eigenvalue weighted by molar-refractivity contribution is 0.157. The van der Waals surface area contributed by atoms with Crippen LogP contribution in [0.25, 0.3) is 11.0 Å². The van der Waals surface area contributed by atoms with Gasteiger partial charge in [-0.2, -0.15) is 0 Å². The molecule has 1 aliphatic heterocycles. The summed E-state index contributed by atoms with van der Waals surface area (Å²) < 4.78 is 0. The van der Waals surface area contributed by atoms with Crippen molar-refractivity contribution in [3.63, 3.8) is 0 Å². The van der Waals surface area contributed by atoms with Gasteiger partial charge in [0.1, 0.15) is 11.0 Å². The summed E-state index contributed by atoms with van der Waals surface area (Å²) in [4.78, 5) is 21.0. The molecule has 0 unspecified atom stereocenters. The standard InChI is InChI=1S/C11H14N4O3/c16-3-5-1-7(17)8(15-5)6-2-12-10-9(6)13-4-14-11(10)18/h2,4-5,7-8,12,15-17H,1,3H2,(H,13,14,18)/t5-,7+,8-/m0/s1. The van der Waals surface area contributed by atoms with E-state index in [0.717, 1.165) is 5.56 Å². The van der Waals surface area contributed by atoms with Gasteiger partial charge >= 0.3 is 0 Å². The minimum atomic E-state index is -0.595. The van der Waals surface area contributed by atoms with E-state index in [-0.39, 0.29) is 24.2 Å². The second-order valence-electron chi connectivity index (χ2n) is 4.53. The lowest BCUT2D eigenvalue weighted by Crippen LogP contribution is -2.28. The van der Waals surface area contributed by atoms with Gasteiger partial charge in [-0.3, -0.25) is 4.79 Å². The van der Waals surface area contributed by atoms with E-state index in [1.807, 2.05) is 0 Å². The molecule has 3 rings (SSSR count). The number of hydrogen-bond donors (Lipinski definition) is 5. The van der Waals surface area contributed by atoms with E-state index >= 15 is 0 Å². The molecule has 2 aromatic heterocycles. The van der Waals surface area contributed by atoms with Crippen molar-refractivity contribution in [1.29, 1.82) is 0 Å². The molecule has 0 aliphatic carbocycles. The van der Waals surface area contributed by atoms with Crippen LogP contribution < -0.4 is 10.9 Å². The highest BCUT2D eigenvalue weighted by molar-refractivity contribution is 5.78. The summed E-state index contributed by atoms with van der Waals surface area (Å²) in [5, 5.41) is 22.2. The smallest absolute Gasteiger partial charge is 0.275 e. The molecule has 0 spiro atoms. The number of aliphatic hydroxyl groups excluding tert-OH is 2. The fourth-order valence-corrected chi connectivity index (χ4v) is 2.49. The topological polar surface area (TPSA) is 114 Å². The molecule has 0 radical (unpaired) electrons. The predicted octanol–water partition coefficient (Wildman–Crippen LogP) is -0.993. The number of H-pyrrole nitrogens is 2. The van der Waals surface area contributed by atoms with Gasteiger partial charge in [0.2, 0.25) is 0 Å². The van der Waals surface area contributed by atoms with E-state index in [1.54, 1.807) is 6.20 Å². The zero-order valence-corrected chi connectivity index (χ0v) is 9.55. The fourth-order valence-electron chi connectivity index (χ4n) is 2.49. The first-order valence-electron chi connectivity index (χ1n) is 5.80. The SMILES string of the molecule is O=c1[nH]cnc2c([C@@H]3N[C@H](CO)C[C@H]3O)c[nH]c12. The van der Waals surface area contributed by atoms with Crippen molar-refractivity contribution in [2.24, 2.45) is 0 Å². The highest BCUT2D eigenvalue weighted by Gasteiger charge is 2.34. The Morgan fingerprint density at radius 2 is 2.28 bits per heavy atom. The van der Waals surface area contributed by atoms with E-state index in [2.05, 4.69) is 20.3 Å². The minimum Gasteiger partial charge on any atom is -0.395 e. The molecule has 3 atom stereocenters. The molecule has 2 aromatic rings. The van der Waals surface area contributed by atoms with Crippen LogP contribution in [0, 0.1) is 0 Å². The number of aromatic nitrogens is 3. The number of nitrogens with zero attached hydrogens (tertiary/aromatic N) is 1. The first-order chi connectivity index (χ1) is 8.70. The molecule has 0 amide bonds. The Hall–Kier alpha value is -1.70. The first kappa shape index (κ1) is 11.4. The molecule has 96 valence electrons. The molecule has 7 heteroatoms. The van der Waals surface area contributed by atoms with Crippen LogP contribution in [-0.4, -0.2) is 43.9 Å². The second-order valence-corrected chi connectivity index (χ2v) is 4.53. The molecule has 0 aromatic carbocycles. The first-order valence-corrected chi connectivity index (χ1v) is 5.80. The molecular weight excluding hydrogens is 236 g/mol. The zero-order valence-electron chi connectivity index (χ0n) is 9.55. The van der Waals surface area contributed by atoms with Gasteiger partial charge in [0.15, 0.2) is 0 Å². The van der Waals surface area contributed by atoms with E-state index in [4.69, 9.17) is 5.11 Å². The molecule has 18 heavy (non-hydrogen) atoms. The maximum atomic E-state index is 11.6. The van der Waals surface area contributed by atoms with Gasteiger partial charge in [0.05, 0.1) is 25.1 Å². The molecule has 5 N–H and O–H groups in total. The summed E-state index contributed by atoms with van der Waals surface area (Å²) in [6, 6.07) is -0.442. The summed E-state index contributed by atoms with van der Waals surface area (Å²) >= 11 is 0. The number of aliphatic hydroxyl groups is 2. The highest BCUT2D eigenvalue weighted by Crippen LogP contribution is 2.30. The quantitative estimate of drug-likeness (QED) is 0.469. The summed E-state index contributed by atoms with van der Waals surface area (Å²) in [6.07, 6.45) is 2.90. The average molecular weight is 250 g/mol. The van der Waals surface area contributed by atoms with Crippen LogP contribution in [0.1, 0.15) is 18.0 Å². The van der Waals surface area contributed by atoms with Crippen molar-refractivity contribution < 1.29 is 10.2 Å². The highest BCUT2D eigenvalue weighted by atomic mass is 16.3. The summed E-state index contributed by atoms with van der Waals surface area (Å²) in [6.45, 7) is -0.0239. The van der Waals surface area contributed by atoms with Crippen LogP contribution in [0.3, 0.4) is 0 Å². The molecule has 1 fully saturated rings. The third-order valence-electron chi connectivity index (χ3n) is 3.38. The summed E-state index contributed by atoms with van der Waals surface area (Å²) in [5.74, 6) is 0. The monoisotopic (exact) mass is 250 g/mol. The Bertz CT molecular complexity index is 620. The molecule has 7 nitrogen and oxygen atoms in total. The van der Waals surface area contributed by atoms with Crippen LogP contribution in [0.2, 0.25) is 0 Å². The number of nitrogens with one attached hydrogen (secondary N) is 3. The van der Waals surface area contributed by atoms with E-state index in [0.29, 0.717) is 17.5 Å². The predicted molar refractivity (Wildman–Crippen MR) is 64.1 cm³/mol. The van der Waals surface area contributed by atoms with Crippen molar-refractivity contribution in [1.82, 2.24) is 20.3 Å². The second kappa shape index (κ2) is 4.20. The maximum Gasteiger partial charge on any atom is 0.275 e. The Morgan fingerprint density at radius 3 is 3.00 bits per heavy atom. The van der Waals surface area contributed by atoms with Gasteiger partial charge in [0, 0.05) is 17.8 Å². The number of fused-ring (bicyclic) bond motifs is 1. The molecule has 0 saturated carbocycles. The third kappa shape index (κ3) is 1.64. The van der Waals surface area contributed by atoms with E-state index in [1.165, 1.54) is 6.33 Å². The van der Waals surface area contributed by atoms with Crippen molar-refractivity contribution in [3.05, 3.63) is 28.4 Å². The minimum absolute atomic E-state index is 0.0239. The molecular formula is C11H14N4O3. The van der Waals surface area contributed by atoms with Crippen molar-refractivity contribution in [2.75, 3.05) is 6.61 Å². The Kier molecular flexibility index (Phi) is 2.66. The largest absolute Gasteiger partial charge is 0.395 e.